The molecule has 0 bridgehead atoms. The van der Waals surface area contributed by atoms with Gasteiger partial charge in [-0.05, 0) is 49.4 Å². The minimum atomic E-state index is -1.11. The number of carbonyl (C=O) groups is 2. The molecule has 0 fully saturated rings. The first-order chi connectivity index (χ1) is 17.7. The maximum atomic E-state index is 13.5. The Bertz CT molecular complexity index is 1190. The van der Waals surface area contributed by atoms with Crippen molar-refractivity contribution in [1.29, 1.82) is 0 Å². The summed E-state index contributed by atoms with van der Waals surface area (Å²) in [6.07, 6.45) is -1.45. The van der Waals surface area contributed by atoms with Crippen molar-refractivity contribution in [2.45, 2.75) is 64.8 Å². The zero-order chi connectivity index (χ0) is 26.9. The van der Waals surface area contributed by atoms with Gasteiger partial charge in [-0.3, -0.25) is 9.59 Å². The average molecular weight is 509 g/mol. The van der Waals surface area contributed by atoms with Crippen LogP contribution < -0.4 is 10.1 Å². The lowest BCUT2D eigenvalue weighted by molar-refractivity contribution is -0.139. The molecule has 0 saturated heterocycles. The standard InChI is InChI=1S/C29H36N2O6/c1-4-25-28(21-10-12-24(37-3)13-11-21)27(29(36)30-18-20-8-6-5-7-9-20)19(2)31(25)15-14-22(32)16-23(33)17-26(34)35/h5-13,22-23,32-33H,4,14-18H2,1-3H3,(H,30,36)(H,34,35)/t22-,23-/m1/s1. The largest absolute Gasteiger partial charge is 0.497 e. The predicted molar refractivity (Wildman–Crippen MR) is 142 cm³/mol. The number of amides is 1. The van der Waals surface area contributed by atoms with Crippen LogP contribution in [0.4, 0.5) is 0 Å². The molecule has 4 N–H and O–H groups in total. The highest BCUT2D eigenvalue weighted by Crippen LogP contribution is 2.35. The number of carboxylic acid groups (broad SMARTS) is 1. The second-order valence-electron chi connectivity index (χ2n) is 9.11. The molecule has 8 nitrogen and oxygen atoms in total. The van der Waals surface area contributed by atoms with Gasteiger partial charge >= 0.3 is 5.97 Å². The lowest BCUT2D eigenvalue weighted by atomic mass is 9.98. The zero-order valence-electron chi connectivity index (χ0n) is 21.6. The zero-order valence-corrected chi connectivity index (χ0v) is 21.6. The van der Waals surface area contributed by atoms with Crippen molar-refractivity contribution in [3.05, 3.63) is 77.1 Å². The van der Waals surface area contributed by atoms with Crippen molar-refractivity contribution in [3.63, 3.8) is 0 Å². The van der Waals surface area contributed by atoms with E-state index in [0.717, 1.165) is 33.8 Å². The highest BCUT2D eigenvalue weighted by molar-refractivity contribution is 6.03. The summed E-state index contributed by atoms with van der Waals surface area (Å²) in [4.78, 5) is 24.4. The predicted octanol–water partition coefficient (Wildman–Crippen LogP) is 3.94. The van der Waals surface area contributed by atoms with Gasteiger partial charge in [0.05, 0.1) is 31.3 Å². The van der Waals surface area contributed by atoms with E-state index in [0.29, 0.717) is 31.5 Å². The number of aliphatic hydroxyl groups excluding tert-OH is 2. The van der Waals surface area contributed by atoms with E-state index in [-0.39, 0.29) is 12.3 Å². The molecule has 2 aromatic carbocycles. The summed E-state index contributed by atoms with van der Waals surface area (Å²) in [5.74, 6) is -0.571. The number of benzene rings is 2. The monoisotopic (exact) mass is 508 g/mol. The van der Waals surface area contributed by atoms with Gasteiger partial charge < -0.3 is 29.9 Å². The number of hydrogen-bond acceptors (Lipinski definition) is 5. The van der Waals surface area contributed by atoms with Crippen LogP contribution in [-0.2, 0) is 24.3 Å². The van der Waals surface area contributed by atoms with Crippen LogP contribution in [0.25, 0.3) is 11.1 Å². The smallest absolute Gasteiger partial charge is 0.305 e. The van der Waals surface area contributed by atoms with Crippen LogP contribution in [0.3, 0.4) is 0 Å². The Hall–Kier alpha value is -3.62. The molecular weight excluding hydrogens is 472 g/mol. The molecule has 0 saturated carbocycles. The molecule has 37 heavy (non-hydrogen) atoms. The van der Waals surface area contributed by atoms with Crippen LogP contribution in [-0.4, -0.2) is 51.1 Å². The van der Waals surface area contributed by atoms with Crippen molar-refractivity contribution in [2.24, 2.45) is 0 Å². The molecule has 0 spiro atoms. The van der Waals surface area contributed by atoms with E-state index in [1.165, 1.54) is 0 Å². The number of nitrogens with one attached hydrogen (secondary N) is 1. The van der Waals surface area contributed by atoms with Gasteiger partial charge in [-0.25, -0.2) is 0 Å². The van der Waals surface area contributed by atoms with Crippen molar-refractivity contribution in [2.75, 3.05) is 7.11 Å². The van der Waals surface area contributed by atoms with E-state index in [1.54, 1.807) is 7.11 Å². The molecule has 3 rings (SSSR count). The van der Waals surface area contributed by atoms with Crippen molar-refractivity contribution < 1.29 is 29.6 Å². The Kier molecular flexibility index (Phi) is 9.88. The summed E-state index contributed by atoms with van der Waals surface area (Å²) < 4.78 is 7.35. The summed E-state index contributed by atoms with van der Waals surface area (Å²) in [5, 5.41) is 32.3. The number of aliphatic hydroxyl groups is 2. The number of methoxy groups -OCH3 is 1. The lowest BCUT2D eigenvalue weighted by Gasteiger charge is -2.17. The van der Waals surface area contributed by atoms with Gasteiger partial charge in [0.2, 0.25) is 0 Å². The van der Waals surface area contributed by atoms with Crippen LogP contribution >= 0.6 is 0 Å². The van der Waals surface area contributed by atoms with Gasteiger partial charge in [-0.1, -0.05) is 49.4 Å². The van der Waals surface area contributed by atoms with E-state index < -0.39 is 24.6 Å². The van der Waals surface area contributed by atoms with Crippen LogP contribution in [0.2, 0.25) is 0 Å². The number of carboxylic acids is 1. The number of hydrogen-bond donors (Lipinski definition) is 4. The van der Waals surface area contributed by atoms with Crippen LogP contribution in [0.15, 0.2) is 54.6 Å². The number of aliphatic carboxylic acids is 1. The molecule has 198 valence electrons. The van der Waals surface area contributed by atoms with Crippen LogP contribution in [0, 0.1) is 6.92 Å². The van der Waals surface area contributed by atoms with Crippen LogP contribution in [0.5, 0.6) is 5.75 Å². The first kappa shape index (κ1) is 28.0. The van der Waals surface area contributed by atoms with Gasteiger partial charge in [0, 0.05) is 30.0 Å². The average Bonchev–Trinajstić information content (AvgIpc) is 3.17. The fourth-order valence-electron chi connectivity index (χ4n) is 4.68. The maximum absolute atomic E-state index is 13.5. The summed E-state index contributed by atoms with van der Waals surface area (Å²) in [6.45, 7) is 4.74. The SMILES string of the molecule is CCc1c(-c2ccc(OC)cc2)c(C(=O)NCc2ccccc2)c(C)n1CC[C@@H](O)C[C@@H](O)CC(=O)O. The highest BCUT2D eigenvalue weighted by Gasteiger charge is 2.26. The minimum absolute atomic E-state index is 0.0240. The normalized spacial score (nSPS) is 12.7. The fraction of sp³-hybridized carbons (Fsp3) is 0.379. The van der Waals surface area contributed by atoms with Gasteiger partial charge in [0.1, 0.15) is 5.75 Å². The second kappa shape index (κ2) is 13.1. The number of nitrogens with zero attached hydrogens (tertiary/aromatic N) is 1. The Morgan fingerprint density at radius 2 is 1.70 bits per heavy atom. The topological polar surface area (TPSA) is 121 Å². The molecule has 1 heterocycles. The fourth-order valence-corrected chi connectivity index (χ4v) is 4.68. The molecule has 1 aromatic heterocycles. The molecule has 0 aliphatic heterocycles. The summed E-state index contributed by atoms with van der Waals surface area (Å²) >= 11 is 0. The molecule has 0 unspecified atom stereocenters. The number of ether oxygens (including phenoxy) is 1. The Balaban J connectivity index is 1.93. The Morgan fingerprint density at radius 3 is 2.30 bits per heavy atom. The molecule has 0 radical (unpaired) electrons. The third kappa shape index (κ3) is 7.21. The molecule has 3 aromatic rings. The van der Waals surface area contributed by atoms with Gasteiger partial charge in [-0.2, -0.15) is 0 Å². The van der Waals surface area contributed by atoms with Crippen molar-refractivity contribution >= 4 is 11.9 Å². The third-order valence-corrected chi connectivity index (χ3v) is 6.51. The van der Waals surface area contributed by atoms with Crippen molar-refractivity contribution in [3.8, 4) is 16.9 Å². The Labute approximate surface area is 217 Å². The van der Waals surface area contributed by atoms with Gasteiger partial charge in [0.25, 0.3) is 5.91 Å². The molecule has 1 amide bonds. The van der Waals surface area contributed by atoms with Gasteiger partial charge in [0.15, 0.2) is 0 Å². The maximum Gasteiger partial charge on any atom is 0.305 e. The van der Waals surface area contributed by atoms with E-state index >= 15 is 0 Å². The number of aromatic nitrogens is 1. The van der Waals surface area contributed by atoms with E-state index in [2.05, 4.69) is 5.32 Å². The van der Waals surface area contributed by atoms with Gasteiger partial charge in [-0.15, -0.1) is 0 Å². The second-order valence-corrected chi connectivity index (χ2v) is 9.11. The van der Waals surface area contributed by atoms with E-state index in [9.17, 15) is 19.8 Å². The molecular formula is C29H36N2O6. The first-order valence-corrected chi connectivity index (χ1v) is 12.5. The van der Waals surface area contributed by atoms with Crippen LogP contribution in [0.1, 0.15) is 53.5 Å². The lowest BCUT2D eigenvalue weighted by Crippen LogP contribution is -2.24. The van der Waals surface area contributed by atoms with E-state index in [1.807, 2.05) is 73.0 Å². The van der Waals surface area contributed by atoms with E-state index in [4.69, 9.17) is 9.84 Å². The summed E-state index contributed by atoms with van der Waals surface area (Å²) in [5.41, 5.74) is 5.06. The minimum Gasteiger partial charge on any atom is -0.497 e. The summed E-state index contributed by atoms with van der Waals surface area (Å²) in [7, 11) is 1.61. The van der Waals surface area contributed by atoms with Crippen molar-refractivity contribution in [1.82, 2.24) is 9.88 Å². The quantitative estimate of drug-likeness (QED) is 0.278. The highest BCUT2D eigenvalue weighted by atomic mass is 16.5. The molecule has 0 aliphatic carbocycles. The number of carbonyl (C=O) groups excluding carboxylic acids is 1. The molecule has 2 atom stereocenters. The summed E-state index contributed by atoms with van der Waals surface area (Å²) in [6, 6.07) is 17.3. The molecule has 0 aliphatic rings. The Morgan fingerprint density at radius 1 is 1.03 bits per heavy atom. The third-order valence-electron chi connectivity index (χ3n) is 6.51. The molecule has 8 heteroatoms. The first-order valence-electron chi connectivity index (χ1n) is 12.5. The number of rotatable bonds is 13.